The van der Waals surface area contributed by atoms with Gasteiger partial charge >= 0.3 is 0 Å². The second kappa shape index (κ2) is 7.09. The lowest BCUT2D eigenvalue weighted by molar-refractivity contribution is 0.344. The molecule has 0 heterocycles. The molecule has 0 aromatic heterocycles. The van der Waals surface area contributed by atoms with Crippen molar-refractivity contribution in [2.75, 3.05) is 20.2 Å². The fraction of sp³-hybridized carbons (Fsp3) is 0.375. The van der Waals surface area contributed by atoms with E-state index < -0.39 is 10.0 Å². The van der Waals surface area contributed by atoms with Gasteiger partial charge in [0.25, 0.3) is 0 Å². The first-order valence-corrected chi connectivity index (χ1v) is 8.79. The lowest BCUT2D eigenvalue weighted by atomic mass is 10.1. The van der Waals surface area contributed by atoms with E-state index in [2.05, 4.69) is 10.0 Å². The van der Waals surface area contributed by atoms with E-state index in [0.717, 1.165) is 5.39 Å². The van der Waals surface area contributed by atoms with Crippen LogP contribution in [0.1, 0.15) is 13.8 Å². The highest BCUT2D eigenvalue weighted by molar-refractivity contribution is 7.89. The van der Waals surface area contributed by atoms with Crippen LogP contribution in [0.15, 0.2) is 41.3 Å². The number of benzene rings is 2. The maximum absolute atomic E-state index is 12.6. The Morgan fingerprint density at radius 3 is 2.45 bits per heavy atom. The first-order valence-electron chi connectivity index (χ1n) is 7.31. The maximum Gasteiger partial charge on any atom is 0.241 e. The highest BCUT2D eigenvalue weighted by Crippen LogP contribution is 2.30. The van der Waals surface area contributed by atoms with Gasteiger partial charge in [-0.15, -0.1) is 0 Å². The molecule has 1 atom stereocenters. The predicted molar refractivity (Wildman–Crippen MR) is 88.8 cm³/mol. The number of ether oxygens (including phenoxy) is 1. The molecule has 0 aliphatic carbocycles. The van der Waals surface area contributed by atoms with Crippen LogP contribution in [0.5, 0.6) is 5.75 Å². The molecule has 2 aromatic carbocycles. The van der Waals surface area contributed by atoms with E-state index in [-0.39, 0.29) is 10.9 Å². The zero-order valence-electron chi connectivity index (χ0n) is 13.1. The number of likely N-dealkylation sites (N-methyl/N-ethyl adjacent to an activating group) is 1. The first kappa shape index (κ1) is 16.7. The van der Waals surface area contributed by atoms with Gasteiger partial charge in [-0.25, -0.2) is 13.1 Å². The highest BCUT2D eigenvalue weighted by atomic mass is 32.2. The first-order chi connectivity index (χ1) is 10.5. The summed E-state index contributed by atoms with van der Waals surface area (Å²) in [7, 11) is -1.77. The molecule has 6 heteroatoms. The summed E-state index contributed by atoms with van der Waals surface area (Å²) in [6.45, 7) is 4.69. The zero-order valence-corrected chi connectivity index (χ0v) is 13.9. The van der Waals surface area contributed by atoms with Gasteiger partial charge < -0.3 is 10.1 Å². The van der Waals surface area contributed by atoms with Gasteiger partial charge in [0, 0.05) is 23.4 Å². The van der Waals surface area contributed by atoms with Crippen LogP contribution in [-0.4, -0.2) is 34.7 Å². The second-order valence-corrected chi connectivity index (χ2v) is 6.82. The smallest absolute Gasteiger partial charge is 0.241 e. The SMILES string of the molecule is CCOc1ccc(S(=O)(=O)NCC(C)NC)c2ccccc12. The van der Waals surface area contributed by atoms with E-state index in [4.69, 9.17) is 4.74 Å². The Kier molecular flexibility index (Phi) is 5.39. The lowest BCUT2D eigenvalue weighted by Gasteiger charge is -2.15. The average molecular weight is 322 g/mol. The van der Waals surface area contributed by atoms with Crippen molar-refractivity contribution in [3.8, 4) is 5.75 Å². The number of fused-ring (bicyclic) bond motifs is 1. The second-order valence-electron chi connectivity index (χ2n) is 5.08. The molecule has 2 rings (SSSR count). The molecular formula is C16H22N2O3S. The summed E-state index contributed by atoms with van der Waals surface area (Å²) in [6, 6.07) is 10.7. The van der Waals surface area contributed by atoms with Crippen LogP contribution >= 0.6 is 0 Å². The minimum absolute atomic E-state index is 0.0590. The van der Waals surface area contributed by atoms with E-state index in [1.807, 2.05) is 32.0 Å². The number of hydrogen-bond donors (Lipinski definition) is 2. The van der Waals surface area contributed by atoms with Crippen molar-refractivity contribution in [2.45, 2.75) is 24.8 Å². The van der Waals surface area contributed by atoms with Crippen molar-refractivity contribution in [3.63, 3.8) is 0 Å². The summed E-state index contributed by atoms with van der Waals surface area (Å²) >= 11 is 0. The van der Waals surface area contributed by atoms with Gasteiger partial charge in [0.15, 0.2) is 0 Å². The molecule has 0 aliphatic rings. The Morgan fingerprint density at radius 1 is 1.14 bits per heavy atom. The summed E-state index contributed by atoms with van der Waals surface area (Å²) in [6.07, 6.45) is 0. The van der Waals surface area contributed by atoms with Crippen LogP contribution in [0.2, 0.25) is 0 Å². The van der Waals surface area contributed by atoms with Gasteiger partial charge in [-0.2, -0.15) is 0 Å². The number of rotatable bonds is 7. The standard InChI is InChI=1S/C16H22N2O3S/c1-4-21-15-9-10-16(14-8-6-5-7-13(14)15)22(19,20)18-11-12(2)17-3/h5-10,12,17-18H,4,11H2,1-3H3. The van der Waals surface area contributed by atoms with Crippen molar-refractivity contribution in [2.24, 2.45) is 0 Å². The summed E-state index contributed by atoms with van der Waals surface area (Å²) in [5, 5.41) is 4.47. The molecular weight excluding hydrogens is 300 g/mol. The molecule has 0 saturated carbocycles. The Balaban J connectivity index is 2.45. The summed E-state index contributed by atoms with van der Waals surface area (Å²) < 4.78 is 33.3. The van der Waals surface area contributed by atoms with Crippen molar-refractivity contribution in [3.05, 3.63) is 36.4 Å². The zero-order chi connectivity index (χ0) is 16.2. The monoisotopic (exact) mass is 322 g/mol. The van der Waals surface area contributed by atoms with Gasteiger partial charge in [0.05, 0.1) is 11.5 Å². The number of sulfonamides is 1. The fourth-order valence-corrected chi connectivity index (χ4v) is 3.51. The molecule has 1 unspecified atom stereocenters. The molecule has 5 nitrogen and oxygen atoms in total. The van der Waals surface area contributed by atoms with E-state index in [1.54, 1.807) is 25.2 Å². The Hall–Kier alpha value is -1.63. The van der Waals surface area contributed by atoms with Crippen molar-refractivity contribution in [1.82, 2.24) is 10.0 Å². The molecule has 2 aromatic rings. The van der Waals surface area contributed by atoms with Gasteiger partial charge in [-0.3, -0.25) is 0 Å². The summed E-state index contributed by atoms with van der Waals surface area (Å²) in [5.41, 5.74) is 0. The van der Waals surface area contributed by atoms with E-state index in [1.165, 1.54) is 0 Å². The maximum atomic E-state index is 12.6. The minimum atomic E-state index is -3.57. The topological polar surface area (TPSA) is 67.4 Å². The predicted octanol–water partition coefficient (Wildman–Crippen LogP) is 2.12. The lowest BCUT2D eigenvalue weighted by Crippen LogP contribution is -2.37. The molecule has 22 heavy (non-hydrogen) atoms. The van der Waals surface area contributed by atoms with Crippen LogP contribution in [-0.2, 0) is 10.0 Å². The van der Waals surface area contributed by atoms with Gasteiger partial charge in [0.2, 0.25) is 10.0 Å². The fourth-order valence-electron chi connectivity index (χ4n) is 2.17. The number of nitrogens with one attached hydrogen (secondary N) is 2. The van der Waals surface area contributed by atoms with Crippen molar-refractivity contribution in [1.29, 1.82) is 0 Å². The van der Waals surface area contributed by atoms with E-state index in [9.17, 15) is 8.42 Å². The van der Waals surface area contributed by atoms with Crippen LogP contribution < -0.4 is 14.8 Å². The minimum Gasteiger partial charge on any atom is -0.493 e. The largest absolute Gasteiger partial charge is 0.493 e. The summed E-state index contributed by atoms with van der Waals surface area (Å²) in [4.78, 5) is 0.273. The van der Waals surface area contributed by atoms with Crippen LogP contribution in [0.4, 0.5) is 0 Å². The molecule has 0 spiro atoms. The van der Waals surface area contributed by atoms with Crippen molar-refractivity contribution < 1.29 is 13.2 Å². The third-order valence-corrected chi connectivity index (χ3v) is 4.99. The normalized spacial score (nSPS) is 13.2. The Bertz CT molecular complexity index is 744. The Labute approximate surface area is 131 Å². The van der Waals surface area contributed by atoms with Gasteiger partial charge in [0.1, 0.15) is 5.75 Å². The molecule has 0 bridgehead atoms. The quantitative estimate of drug-likeness (QED) is 0.819. The van der Waals surface area contributed by atoms with Crippen molar-refractivity contribution >= 4 is 20.8 Å². The molecule has 2 N–H and O–H groups in total. The van der Waals surface area contributed by atoms with E-state index >= 15 is 0 Å². The highest BCUT2D eigenvalue weighted by Gasteiger charge is 2.19. The van der Waals surface area contributed by atoms with Gasteiger partial charge in [-0.1, -0.05) is 24.3 Å². The third kappa shape index (κ3) is 3.58. The average Bonchev–Trinajstić information content (AvgIpc) is 2.53. The van der Waals surface area contributed by atoms with Crippen LogP contribution in [0.25, 0.3) is 10.8 Å². The third-order valence-electron chi connectivity index (χ3n) is 3.51. The van der Waals surface area contributed by atoms with Crippen LogP contribution in [0, 0.1) is 0 Å². The molecule has 120 valence electrons. The molecule has 0 aliphatic heterocycles. The molecule has 0 fully saturated rings. The van der Waals surface area contributed by atoms with Gasteiger partial charge in [-0.05, 0) is 33.0 Å². The molecule has 0 saturated heterocycles. The number of hydrogen-bond acceptors (Lipinski definition) is 4. The van der Waals surface area contributed by atoms with E-state index in [0.29, 0.717) is 24.3 Å². The van der Waals surface area contributed by atoms with Crippen LogP contribution in [0.3, 0.4) is 0 Å². The summed E-state index contributed by atoms with van der Waals surface area (Å²) in [5.74, 6) is 0.695. The molecule has 0 radical (unpaired) electrons. The Morgan fingerprint density at radius 2 is 1.82 bits per heavy atom. The molecule has 0 amide bonds.